The molecular formula is C16H15ClN2O4S. The monoisotopic (exact) mass is 366 g/mol. The van der Waals surface area contributed by atoms with Crippen molar-refractivity contribution in [3.63, 3.8) is 0 Å². The first-order valence-corrected chi connectivity index (χ1v) is 8.99. The first-order valence-electron chi connectivity index (χ1n) is 7.17. The summed E-state index contributed by atoms with van der Waals surface area (Å²) < 4.78 is 30.5. The average molecular weight is 367 g/mol. The Kier molecular flexibility index (Phi) is 4.49. The normalized spacial score (nSPS) is 14.2. The molecule has 2 aromatic carbocycles. The van der Waals surface area contributed by atoms with Gasteiger partial charge in [0.15, 0.2) is 0 Å². The van der Waals surface area contributed by atoms with Crippen LogP contribution in [-0.2, 0) is 10.0 Å². The summed E-state index contributed by atoms with van der Waals surface area (Å²) in [7, 11) is -1.89. The zero-order valence-corrected chi connectivity index (χ0v) is 14.4. The number of carbonyl (C=O) groups excluding carboxylic acids is 1. The highest BCUT2D eigenvalue weighted by Gasteiger charge is 2.33. The summed E-state index contributed by atoms with van der Waals surface area (Å²) in [6.45, 7) is 1.11. The molecule has 0 radical (unpaired) electrons. The van der Waals surface area contributed by atoms with E-state index in [0.29, 0.717) is 35.1 Å². The fourth-order valence-electron chi connectivity index (χ4n) is 2.15. The first-order chi connectivity index (χ1) is 11.4. The van der Waals surface area contributed by atoms with Crippen LogP contribution in [0.4, 0.5) is 5.69 Å². The van der Waals surface area contributed by atoms with Gasteiger partial charge in [0.05, 0.1) is 17.0 Å². The predicted octanol–water partition coefficient (Wildman–Crippen LogP) is 2.61. The minimum atomic E-state index is -3.39. The lowest BCUT2D eigenvalue weighted by atomic mass is 10.2. The molecule has 1 N–H and O–H groups in total. The van der Waals surface area contributed by atoms with Gasteiger partial charge in [-0.15, -0.1) is 0 Å². The summed E-state index contributed by atoms with van der Waals surface area (Å²) in [6, 6.07) is 10.8. The average Bonchev–Trinajstić information content (AvgIpc) is 3.40. The van der Waals surface area contributed by atoms with E-state index in [4.69, 9.17) is 16.3 Å². The highest BCUT2D eigenvalue weighted by molar-refractivity contribution is 7.89. The van der Waals surface area contributed by atoms with E-state index < -0.39 is 10.0 Å². The maximum atomic E-state index is 12.2. The lowest BCUT2D eigenvalue weighted by molar-refractivity contribution is 0.102. The Morgan fingerprint density at radius 1 is 1.17 bits per heavy atom. The van der Waals surface area contributed by atoms with Gasteiger partial charge in [0.2, 0.25) is 10.0 Å². The second kappa shape index (κ2) is 6.43. The topological polar surface area (TPSA) is 75.5 Å². The molecule has 3 rings (SSSR count). The number of anilines is 1. The van der Waals surface area contributed by atoms with Gasteiger partial charge in [0.1, 0.15) is 5.75 Å². The highest BCUT2D eigenvalue weighted by atomic mass is 35.5. The molecule has 24 heavy (non-hydrogen) atoms. The fraction of sp³-hybridized carbons (Fsp3) is 0.188. The van der Waals surface area contributed by atoms with Crippen LogP contribution >= 0.6 is 11.6 Å². The van der Waals surface area contributed by atoms with Gasteiger partial charge in [-0.05, 0) is 42.5 Å². The Hall–Kier alpha value is -2.09. The summed E-state index contributed by atoms with van der Waals surface area (Å²) in [5.41, 5.74) is 0.873. The van der Waals surface area contributed by atoms with Gasteiger partial charge in [-0.25, -0.2) is 8.42 Å². The third-order valence-electron chi connectivity index (χ3n) is 3.57. The van der Waals surface area contributed by atoms with E-state index >= 15 is 0 Å². The number of rotatable bonds is 5. The second-order valence-electron chi connectivity index (χ2n) is 5.23. The number of nitrogens with zero attached hydrogens (tertiary/aromatic N) is 1. The summed E-state index contributed by atoms with van der Waals surface area (Å²) in [6.07, 6.45) is 0. The molecule has 1 saturated heterocycles. The summed E-state index contributed by atoms with van der Waals surface area (Å²) in [5.74, 6) is 0.138. The van der Waals surface area contributed by atoms with Crippen LogP contribution in [-0.4, -0.2) is 38.8 Å². The Labute approximate surface area is 145 Å². The Balaban J connectivity index is 1.74. The Bertz CT molecular complexity index is 877. The number of nitrogens with one attached hydrogen (secondary N) is 1. The number of benzene rings is 2. The molecule has 0 aromatic heterocycles. The minimum Gasteiger partial charge on any atom is -0.495 e. The van der Waals surface area contributed by atoms with E-state index in [9.17, 15) is 13.2 Å². The molecule has 1 aliphatic rings. The van der Waals surface area contributed by atoms with Crippen LogP contribution < -0.4 is 10.1 Å². The van der Waals surface area contributed by atoms with Crippen molar-refractivity contribution >= 4 is 33.2 Å². The molecule has 1 heterocycles. The Morgan fingerprint density at radius 3 is 2.38 bits per heavy atom. The lowest BCUT2D eigenvalue weighted by Crippen LogP contribution is -2.13. The van der Waals surface area contributed by atoms with Gasteiger partial charge < -0.3 is 10.1 Å². The van der Waals surface area contributed by atoms with Gasteiger partial charge in [-0.2, -0.15) is 4.31 Å². The Morgan fingerprint density at radius 2 is 1.83 bits per heavy atom. The summed E-state index contributed by atoms with van der Waals surface area (Å²) >= 11 is 6.01. The maximum Gasteiger partial charge on any atom is 0.255 e. The quantitative estimate of drug-likeness (QED) is 0.825. The molecule has 1 aliphatic heterocycles. The van der Waals surface area contributed by atoms with Crippen LogP contribution in [0.2, 0.25) is 5.02 Å². The van der Waals surface area contributed by atoms with E-state index in [1.165, 1.54) is 29.6 Å². The molecule has 1 amide bonds. The van der Waals surface area contributed by atoms with Gasteiger partial charge >= 0.3 is 0 Å². The molecule has 0 bridgehead atoms. The standard InChI is InChI=1S/C16H15ClN2O4S/c1-23-15-7-2-11(10-14(15)17)16(20)18-12-3-5-13(6-4-12)24(21,22)19-8-9-19/h2-7,10H,8-9H2,1H3,(H,18,20). The van der Waals surface area contributed by atoms with E-state index in [2.05, 4.69) is 5.32 Å². The van der Waals surface area contributed by atoms with Crippen molar-refractivity contribution in [2.24, 2.45) is 0 Å². The second-order valence-corrected chi connectivity index (χ2v) is 7.58. The van der Waals surface area contributed by atoms with Crippen LogP contribution in [0.25, 0.3) is 0 Å². The molecule has 0 aliphatic carbocycles. The number of halogens is 1. The molecule has 2 aromatic rings. The summed E-state index contributed by atoms with van der Waals surface area (Å²) in [5, 5.41) is 3.04. The zero-order chi connectivity index (χ0) is 17.3. The third-order valence-corrected chi connectivity index (χ3v) is 5.78. The van der Waals surface area contributed by atoms with Crippen molar-refractivity contribution in [3.05, 3.63) is 53.1 Å². The number of hydrogen-bond donors (Lipinski definition) is 1. The zero-order valence-electron chi connectivity index (χ0n) is 12.8. The van der Waals surface area contributed by atoms with Crippen molar-refractivity contribution < 1.29 is 17.9 Å². The largest absolute Gasteiger partial charge is 0.495 e. The number of methoxy groups -OCH3 is 1. The molecule has 0 atom stereocenters. The number of amides is 1. The maximum absolute atomic E-state index is 12.2. The first kappa shape index (κ1) is 16.8. The van der Waals surface area contributed by atoms with Crippen molar-refractivity contribution in [1.29, 1.82) is 0 Å². The van der Waals surface area contributed by atoms with E-state index in [1.54, 1.807) is 24.3 Å². The molecule has 0 spiro atoms. The van der Waals surface area contributed by atoms with Crippen LogP contribution in [0.15, 0.2) is 47.4 Å². The van der Waals surface area contributed by atoms with Crippen LogP contribution in [0, 0.1) is 0 Å². The molecule has 0 saturated carbocycles. The van der Waals surface area contributed by atoms with Crippen LogP contribution in [0.5, 0.6) is 5.75 Å². The van der Waals surface area contributed by atoms with E-state index in [-0.39, 0.29) is 10.8 Å². The molecule has 6 nitrogen and oxygen atoms in total. The number of carbonyl (C=O) groups is 1. The van der Waals surface area contributed by atoms with Gasteiger partial charge in [-0.1, -0.05) is 11.6 Å². The summed E-state index contributed by atoms with van der Waals surface area (Å²) in [4.78, 5) is 12.4. The van der Waals surface area contributed by atoms with Crippen molar-refractivity contribution in [1.82, 2.24) is 4.31 Å². The minimum absolute atomic E-state index is 0.213. The van der Waals surface area contributed by atoms with Gasteiger partial charge in [-0.3, -0.25) is 4.79 Å². The molecule has 0 unspecified atom stereocenters. The van der Waals surface area contributed by atoms with Crippen molar-refractivity contribution in [2.75, 3.05) is 25.5 Å². The number of sulfonamides is 1. The van der Waals surface area contributed by atoms with Gasteiger partial charge in [0.25, 0.3) is 5.91 Å². The van der Waals surface area contributed by atoms with Crippen molar-refractivity contribution in [2.45, 2.75) is 4.90 Å². The van der Waals surface area contributed by atoms with Crippen LogP contribution in [0.1, 0.15) is 10.4 Å². The van der Waals surface area contributed by atoms with Gasteiger partial charge in [0, 0.05) is 24.3 Å². The number of ether oxygens (including phenoxy) is 1. The SMILES string of the molecule is COc1ccc(C(=O)Nc2ccc(S(=O)(=O)N3CC3)cc2)cc1Cl. The smallest absolute Gasteiger partial charge is 0.255 e. The molecular weight excluding hydrogens is 352 g/mol. The molecule has 1 fully saturated rings. The van der Waals surface area contributed by atoms with E-state index in [1.807, 2.05) is 0 Å². The number of hydrogen-bond acceptors (Lipinski definition) is 4. The molecule has 8 heteroatoms. The molecule has 126 valence electrons. The van der Waals surface area contributed by atoms with Crippen molar-refractivity contribution in [3.8, 4) is 5.75 Å². The van der Waals surface area contributed by atoms with E-state index in [0.717, 1.165) is 0 Å². The lowest BCUT2D eigenvalue weighted by Gasteiger charge is -2.09. The predicted molar refractivity (Wildman–Crippen MR) is 91.2 cm³/mol. The van der Waals surface area contributed by atoms with Crippen LogP contribution in [0.3, 0.4) is 0 Å². The highest BCUT2D eigenvalue weighted by Crippen LogP contribution is 2.26. The fourth-order valence-corrected chi connectivity index (χ4v) is 3.75. The third kappa shape index (κ3) is 3.38.